The van der Waals surface area contributed by atoms with E-state index in [1.54, 1.807) is 16.7 Å². The zero-order valence-electron chi connectivity index (χ0n) is 11.9. The minimum Gasteiger partial charge on any atom is -0.327 e. The van der Waals surface area contributed by atoms with Gasteiger partial charge in [-0.2, -0.15) is 0 Å². The molecule has 2 N–H and O–H groups in total. The van der Waals surface area contributed by atoms with Crippen molar-refractivity contribution >= 4 is 16.3 Å². The standard InChI is InChI=1S/C14H20N4OS/c1-14(2)9-17(4-3-11(14)15)8-10-7-12(19)18-5-6-20-13(18)16-10/h5-7,11H,3-4,8-9,15H2,1-2H3. The molecule has 0 radical (unpaired) electrons. The second kappa shape index (κ2) is 4.95. The number of rotatable bonds is 2. The molecule has 0 spiro atoms. The number of fused-ring (bicyclic) bond motifs is 1. The van der Waals surface area contributed by atoms with E-state index in [1.807, 2.05) is 5.38 Å². The summed E-state index contributed by atoms with van der Waals surface area (Å²) < 4.78 is 1.59. The Morgan fingerprint density at radius 3 is 3.10 bits per heavy atom. The van der Waals surface area contributed by atoms with E-state index in [4.69, 9.17) is 5.73 Å². The lowest BCUT2D eigenvalue weighted by Crippen LogP contribution is -2.52. The SMILES string of the molecule is CC1(C)CN(Cc2cc(=O)n3ccsc3n2)CCC1N. The van der Waals surface area contributed by atoms with Crippen LogP contribution in [0.1, 0.15) is 26.0 Å². The molecule has 0 amide bonds. The molecule has 0 saturated carbocycles. The molecular weight excluding hydrogens is 272 g/mol. The average Bonchev–Trinajstić information content (AvgIpc) is 2.82. The first-order valence-electron chi connectivity index (χ1n) is 6.89. The molecule has 2 aromatic heterocycles. The van der Waals surface area contributed by atoms with Crippen molar-refractivity contribution in [3.8, 4) is 0 Å². The maximum Gasteiger partial charge on any atom is 0.258 e. The highest BCUT2D eigenvalue weighted by atomic mass is 32.1. The molecular formula is C14H20N4OS. The van der Waals surface area contributed by atoms with Crippen molar-refractivity contribution in [2.24, 2.45) is 11.1 Å². The maximum absolute atomic E-state index is 12.0. The summed E-state index contributed by atoms with van der Waals surface area (Å²) in [6.45, 7) is 7.04. The van der Waals surface area contributed by atoms with Gasteiger partial charge in [-0.1, -0.05) is 13.8 Å². The predicted molar refractivity (Wildman–Crippen MR) is 81.0 cm³/mol. The molecule has 0 aliphatic carbocycles. The quantitative estimate of drug-likeness (QED) is 0.906. The van der Waals surface area contributed by atoms with Gasteiger partial charge < -0.3 is 5.73 Å². The number of nitrogens with two attached hydrogens (primary N) is 1. The zero-order valence-corrected chi connectivity index (χ0v) is 12.7. The van der Waals surface area contributed by atoms with Gasteiger partial charge in [-0.25, -0.2) is 4.98 Å². The van der Waals surface area contributed by atoms with Gasteiger partial charge in [0, 0.05) is 43.3 Å². The number of thiazole rings is 1. The Morgan fingerprint density at radius 2 is 2.35 bits per heavy atom. The van der Waals surface area contributed by atoms with Gasteiger partial charge in [0.05, 0.1) is 5.69 Å². The lowest BCUT2D eigenvalue weighted by atomic mass is 9.80. The fourth-order valence-electron chi connectivity index (χ4n) is 2.82. The Balaban J connectivity index is 1.81. The number of hydrogen-bond donors (Lipinski definition) is 1. The fraction of sp³-hybridized carbons (Fsp3) is 0.571. The van der Waals surface area contributed by atoms with Gasteiger partial charge in [0.15, 0.2) is 4.96 Å². The molecule has 0 bridgehead atoms. The summed E-state index contributed by atoms with van der Waals surface area (Å²) in [5, 5.41) is 1.89. The number of piperidine rings is 1. The highest BCUT2D eigenvalue weighted by Gasteiger charge is 2.33. The summed E-state index contributed by atoms with van der Waals surface area (Å²) in [7, 11) is 0. The third kappa shape index (κ3) is 2.51. The Hall–Kier alpha value is -1.24. The minimum absolute atomic E-state index is 0.000721. The lowest BCUT2D eigenvalue weighted by molar-refractivity contribution is 0.0889. The maximum atomic E-state index is 12.0. The second-order valence-electron chi connectivity index (χ2n) is 6.24. The molecule has 6 heteroatoms. The van der Waals surface area contributed by atoms with Crippen molar-refractivity contribution in [1.82, 2.24) is 14.3 Å². The first-order valence-corrected chi connectivity index (χ1v) is 7.77. The van der Waals surface area contributed by atoms with Crippen LogP contribution in [0.4, 0.5) is 0 Å². The van der Waals surface area contributed by atoms with E-state index in [2.05, 4.69) is 23.7 Å². The summed E-state index contributed by atoms with van der Waals surface area (Å²) >= 11 is 1.49. The fourth-order valence-corrected chi connectivity index (χ4v) is 3.56. The molecule has 1 aliphatic heterocycles. The molecule has 1 saturated heterocycles. The lowest BCUT2D eigenvalue weighted by Gasteiger charge is -2.42. The van der Waals surface area contributed by atoms with E-state index in [9.17, 15) is 4.79 Å². The van der Waals surface area contributed by atoms with Crippen LogP contribution >= 0.6 is 11.3 Å². The van der Waals surface area contributed by atoms with Gasteiger partial charge in [-0.05, 0) is 11.8 Å². The van der Waals surface area contributed by atoms with E-state index in [0.717, 1.165) is 36.7 Å². The Labute approximate surface area is 122 Å². The molecule has 20 heavy (non-hydrogen) atoms. The summed E-state index contributed by atoms with van der Waals surface area (Å²) in [6, 6.07) is 1.89. The van der Waals surface area contributed by atoms with Gasteiger partial charge in [-0.3, -0.25) is 14.1 Å². The highest BCUT2D eigenvalue weighted by molar-refractivity contribution is 7.15. The molecule has 108 valence electrons. The van der Waals surface area contributed by atoms with Crippen LogP contribution in [0.3, 0.4) is 0 Å². The molecule has 1 unspecified atom stereocenters. The second-order valence-corrected chi connectivity index (χ2v) is 7.11. The smallest absolute Gasteiger partial charge is 0.258 e. The van der Waals surface area contributed by atoms with Crippen LogP contribution in [0.25, 0.3) is 4.96 Å². The van der Waals surface area contributed by atoms with Crippen molar-refractivity contribution in [3.05, 3.63) is 33.7 Å². The van der Waals surface area contributed by atoms with Crippen molar-refractivity contribution in [1.29, 1.82) is 0 Å². The van der Waals surface area contributed by atoms with E-state index in [-0.39, 0.29) is 17.0 Å². The number of hydrogen-bond acceptors (Lipinski definition) is 5. The molecule has 1 fully saturated rings. The molecule has 1 aliphatic rings. The molecule has 2 aromatic rings. The predicted octanol–water partition coefficient (Wildman–Crippen LogP) is 1.32. The molecule has 0 aromatic carbocycles. The van der Waals surface area contributed by atoms with Crippen LogP contribution in [-0.2, 0) is 6.54 Å². The monoisotopic (exact) mass is 292 g/mol. The highest BCUT2D eigenvalue weighted by Crippen LogP contribution is 2.28. The van der Waals surface area contributed by atoms with Crippen LogP contribution in [-0.4, -0.2) is 33.4 Å². The van der Waals surface area contributed by atoms with Crippen molar-refractivity contribution < 1.29 is 0 Å². The average molecular weight is 292 g/mol. The topological polar surface area (TPSA) is 63.6 Å². The van der Waals surface area contributed by atoms with Crippen molar-refractivity contribution in [2.45, 2.75) is 32.9 Å². The van der Waals surface area contributed by atoms with Gasteiger partial charge >= 0.3 is 0 Å². The van der Waals surface area contributed by atoms with Crippen LogP contribution in [0.2, 0.25) is 0 Å². The number of likely N-dealkylation sites (tertiary alicyclic amines) is 1. The van der Waals surface area contributed by atoms with Crippen molar-refractivity contribution in [3.63, 3.8) is 0 Å². The molecule has 3 heterocycles. The summed E-state index contributed by atoms with van der Waals surface area (Å²) in [4.78, 5) is 19.6. The summed E-state index contributed by atoms with van der Waals surface area (Å²) in [5.74, 6) is 0. The number of aromatic nitrogens is 2. The van der Waals surface area contributed by atoms with E-state index < -0.39 is 0 Å². The van der Waals surface area contributed by atoms with Gasteiger partial charge in [-0.15, -0.1) is 11.3 Å². The van der Waals surface area contributed by atoms with Crippen molar-refractivity contribution in [2.75, 3.05) is 13.1 Å². The van der Waals surface area contributed by atoms with Crippen LogP contribution in [0.15, 0.2) is 22.4 Å². The minimum atomic E-state index is -0.000721. The van der Waals surface area contributed by atoms with E-state index in [1.165, 1.54) is 11.3 Å². The molecule has 3 rings (SSSR count). The first kappa shape index (κ1) is 13.7. The Kier molecular flexibility index (Phi) is 3.40. The van der Waals surface area contributed by atoms with Crippen LogP contribution in [0.5, 0.6) is 0 Å². The number of nitrogens with zero attached hydrogens (tertiary/aromatic N) is 3. The molecule has 5 nitrogen and oxygen atoms in total. The first-order chi connectivity index (χ1) is 9.45. The van der Waals surface area contributed by atoms with Crippen LogP contribution in [0, 0.1) is 5.41 Å². The normalized spacial score (nSPS) is 23.2. The largest absolute Gasteiger partial charge is 0.327 e. The summed E-state index contributed by atoms with van der Waals surface area (Å²) in [6.07, 6.45) is 2.76. The third-order valence-electron chi connectivity index (χ3n) is 4.13. The van der Waals surface area contributed by atoms with E-state index in [0.29, 0.717) is 0 Å². The molecule has 1 atom stereocenters. The Morgan fingerprint density at radius 1 is 1.55 bits per heavy atom. The summed E-state index contributed by atoms with van der Waals surface area (Å²) in [5.41, 5.74) is 7.12. The zero-order chi connectivity index (χ0) is 14.3. The van der Waals surface area contributed by atoms with Gasteiger partial charge in [0.1, 0.15) is 0 Å². The van der Waals surface area contributed by atoms with Gasteiger partial charge in [0.2, 0.25) is 0 Å². The Bertz CT molecular complexity index is 675. The van der Waals surface area contributed by atoms with Gasteiger partial charge in [0.25, 0.3) is 5.56 Å². The third-order valence-corrected chi connectivity index (χ3v) is 4.89. The van der Waals surface area contributed by atoms with Crippen LogP contribution < -0.4 is 11.3 Å². The van der Waals surface area contributed by atoms with E-state index >= 15 is 0 Å².